The van der Waals surface area contributed by atoms with E-state index in [1.165, 1.54) is 49.7 Å². The van der Waals surface area contributed by atoms with Crippen LogP contribution in [0.2, 0.25) is 0 Å². The highest BCUT2D eigenvalue weighted by Gasteiger charge is 2.51. The fourth-order valence-electron chi connectivity index (χ4n) is 4.85. The van der Waals surface area contributed by atoms with Gasteiger partial charge in [-0.15, -0.1) is 0 Å². The van der Waals surface area contributed by atoms with E-state index in [1.807, 2.05) is 12.1 Å². The molecule has 3 aliphatic rings. The van der Waals surface area contributed by atoms with Crippen LogP contribution in [0.1, 0.15) is 43.2 Å². The molecule has 1 saturated heterocycles. The average Bonchev–Trinajstić information content (AvgIpc) is 2.40. The Labute approximate surface area is 108 Å². The standard InChI is InChI=1S/C16H21NO/c18-13-5-4-11-9-12-6-8-17-16(15(11)10-13)7-2-1-3-14(12)16/h4-5,10,12,14,17-18H,1-3,6-9H2. The second-order valence-electron chi connectivity index (χ2n) is 6.34. The Morgan fingerprint density at radius 1 is 1.22 bits per heavy atom. The molecule has 3 unspecified atom stereocenters. The average molecular weight is 243 g/mol. The van der Waals surface area contributed by atoms with E-state index in [0.29, 0.717) is 5.75 Å². The van der Waals surface area contributed by atoms with E-state index in [0.717, 1.165) is 18.4 Å². The number of benzene rings is 1. The molecule has 2 bridgehead atoms. The molecule has 0 aromatic heterocycles. The van der Waals surface area contributed by atoms with Crippen LogP contribution in [0.4, 0.5) is 0 Å². The third kappa shape index (κ3) is 1.33. The van der Waals surface area contributed by atoms with Crippen LogP contribution in [0, 0.1) is 11.8 Å². The number of aromatic hydroxyl groups is 1. The van der Waals surface area contributed by atoms with Crippen LogP contribution >= 0.6 is 0 Å². The van der Waals surface area contributed by atoms with E-state index >= 15 is 0 Å². The smallest absolute Gasteiger partial charge is 0.115 e. The van der Waals surface area contributed by atoms with E-state index in [-0.39, 0.29) is 5.54 Å². The maximum absolute atomic E-state index is 9.84. The van der Waals surface area contributed by atoms with Gasteiger partial charge in [0.1, 0.15) is 5.75 Å². The maximum atomic E-state index is 9.84. The fraction of sp³-hybridized carbons (Fsp3) is 0.625. The summed E-state index contributed by atoms with van der Waals surface area (Å²) in [5, 5.41) is 13.7. The van der Waals surface area contributed by atoms with Crippen molar-refractivity contribution >= 4 is 0 Å². The summed E-state index contributed by atoms with van der Waals surface area (Å²) in [7, 11) is 0. The van der Waals surface area contributed by atoms with Gasteiger partial charge in [0.15, 0.2) is 0 Å². The first-order valence-corrected chi connectivity index (χ1v) is 7.37. The molecule has 0 spiro atoms. The molecule has 2 fully saturated rings. The van der Waals surface area contributed by atoms with E-state index in [4.69, 9.17) is 0 Å². The summed E-state index contributed by atoms with van der Waals surface area (Å²) in [6.07, 6.45) is 7.89. The van der Waals surface area contributed by atoms with Gasteiger partial charge in [0.2, 0.25) is 0 Å². The van der Waals surface area contributed by atoms with Gasteiger partial charge in [-0.25, -0.2) is 0 Å². The lowest BCUT2D eigenvalue weighted by Gasteiger charge is -2.56. The first-order valence-electron chi connectivity index (χ1n) is 7.37. The van der Waals surface area contributed by atoms with Crippen molar-refractivity contribution < 1.29 is 5.11 Å². The Hall–Kier alpha value is -1.02. The highest BCUT2D eigenvalue weighted by Crippen LogP contribution is 2.53. The van der Waals surface area contributed by atoms with Gasteiger partial charge in [-0.05, 0) is 67.3 Å². The fourth-order valence-corrected chi connectivity index (χ4v) is 4.85. The zero-order valence-electron chi connectivity index (χ0n) is 10.8. The molecule has 4 rings (SSSR count). The van der Waals surface area contributed by atoms with Gasteiger partial charge in [-0.2, -0.15) is 0 Å². The van der Waals surface area contributed by atoms with Gasteiger partial charge in [-0.3, -0.25) is 0 Å². The zero-order valence-corrected chi connectivity index (χ0v) is 10.8. The minimum atomic E-state index is 0.188. The first-order chi connectivity index (χ1) is 8.79. The summed E-state index contributed by atoms with van der Waals surface area (Å²) in [4.78, 5) is 0. The number of fused-ring (bicyclic) bond motifs is 1. The van der Waals surface area contributed by atoms with Gasteiger partial charge in [-0.1, -0.05) is 18.9 Å². The van der Waals surface area contributed by atoms with Crippen LogP contribution in [-0.4, -0.2) is 11.7 Å². The Kier molecular flexibility index (Phi) is 2.25. The highest BCUT2D eigenvalue weighted by molar-refractivity contribution is 5.43. The Bertz CT molecular complexity index is 480. The second-order valence-corrected chi connectivity index (χ2v) is 6.34. The van der Waals surface area contributed by atoms with Crippen molar-refractivity contribution in [3.8, 4) is 5.75 Å². The van der Waals surface area contributed by atoms with Crippen LogP contribution in [-0.2, 0) is 12.0 Å². The predicted octanol–water partition coefficient (Wildman–Crippen LogP) is 2.94. The third-order valence-electron chi connectivity index (χ3n) is 5.55. The summed E-state index contributed by atoms with van der Waals surface area (Å²) >= 11 is 0. The lowest BCUT2D eigenvalue weighted by Crippen LogP contribution is -2.59. The Morgan fingerprint density at radius 2 is 2.17 bits per heavy atom. The minimum Gasteiger partial charge on any atom is -0.508 e. The third-order valence-corrected chi connectivity index (χ3v) is 5.55. The molecule has 2 aliphatic carbocycles. The van der Waals surface area contributed by atoms with E-state index in [1.54, 1.807) is 0 Å². The van der Waals surface area contributed by atoms with Crippen molar-refractivity contribution in [2.75, 3.05) is 6.54 Å². The number of phenols is 1. The minimum absolute atomic E-state index is 0.188. The molecular weight excluding hydrogens is 222 g/mol. The molecular formula is C16H21NO. The molecule has 1 saturated carbocycles. The van der Waals surface area contributed by atoms with Crippen LogP contribution in [0.25, 0.3) is 0 Å². The quantitative estimate of drug-likeness (QED) is 0.734. The van der Waals surface area contributed by atoms with E-state index in [2.05, 4.69) is 11.4 Å². The van der Waals surface area contributed by atoms with Gasteiger partial charge < -0.3 is 10.4 Å². The van der Waals surface area contributed by atoms with Crippen molar-refractivity contribution in [3.05, 3.63) is 29.3 Å². The van der Waals surface area contributed by atoms with Crippen molar-refractivity contribution in [3.63, 3.8) is 0 Å². The molecule has 3 atom stereocenters. The largest absolute Gasteiger partial charge is 0.508 e. The second kappa shape index (κ2) is 3.74. The molecule has 0 radical (unpaired) electrons. The molecule has 2 nitrogen and oxygen atoms in total. The Balaban J connectivity index is 1.91. The summed E-state index contributed by atoms with van der Waals surface area (Å²) in [6.45, 7) is 1.15. The van der Waals surface area contributed by atoms with Crippen LogP contribution < -0.4 is 5.32 Å². The van der Waals surface area contributed by atoms with Gasteiger partial charge >= 0.3 is 0 Å². The van der Waals surface area contributed by atoms with Crippen LogP contribution in [0.3, 0.4) is 0 Å². The van der Waals surface area contributed by atoms with Crippen LogP contribution in [0.15, 0.2) is 18.2 Å². The highest BCUT2D eigenvalue weighted by atomic mass is 16.3. The number of hydrogen-bond donors (Lipinski definition) is 2. The van der Waals surface area contributed by atoms with Crippen molar-refractivity contribution in [2.45, 2.75) is 44.1 Å². The van der Waals surface area contributed by atoms with E-state index < -0.39 is 0 Å². The van der Waals surface area contributed by atoms with Gasteiger partial charge in [0, 0.05) is 5.54 Å². The topological polar surface area (TPSA) is 32.3 Å². The molecule has 0 amide bonds. The molecule has 1 heterocycles. The summed E-state index contributed by atoms with van der Waals surface area (Å²) in [6, 6.07) is 6.04. The molecule has 2 heteroatoms. The summed E-state index contributed by atoms with van der Waals surface area (Å²) < 4.78 is 0. The number of nitrogens with one attached hydrogen (secondary N) is 1. The molecule has 1 aromatic carbocycles. The molecule has 96 valence electrons. The number of phenolic OH excluding ortho intramolecular Hbond substituents is 1. The molecule has 18 heavy (non-hydrogen) atoms. The number of rotatable bonds is 0. The van der Waals surface area contributed by atoms with Crippen molar-refractivity contribution in [1.82, 2.24) is 5.32 Å². The number of hydrogen-bond acceptors (Lipinski definition) is 2. The maximum Gasteiger partial charge on any atom is 0.115 e. The zero-order chi connectivity index (χ0) is 12.2. The lowest BCUT2D eigenvalue weighted by molar-refractivity contribution is 0.0346. The normalized spacial score (nSPS) is 37.8. The Morgan fingerprint density at radius 3 is 3.11 bits per heavy atom. The first kappa shape index (κ1) is 10.9. The summed E-state index contributed by atoms with van der Waals surface area (Å²) in [5.74, 6) is 2.09. The molecule has 1 aliphatic heterocycles. The lowest BCUT2D eigenvalue weighted by atomic mass is 9.56. The number of piperidine rings is 1. The van der Waals surface area contributed by atoms with Crippen LogP contribution in [0.5, 0.6) is 5.75 Å². The molecule has 1 aromatic rings. The monoisotopic (exact) mass is 243 g/mol. The van der Waals surface area contributed by atoms with E-state index in [9.17, 15) is 5.11 Å². The summed E-state index contributed by atoms with van der Waals surface area (Å²) in [5.41, 5.74) is 3.07. The SMILES string of the molecule is Oc1ccc2c(c1)C13CCCCC1C(CCN3)C2. The van der Waals surface area contributed by atoms with Gasteiger partial charge in [0.05, 0.1) is 0 Å². The molecule has 2 N–H and O–H groups in total. The van der Waals surface area contributed by atoms with Crippen molar-refractivity contribution in [1.29, 1.82) is 0 Å². The van der Waals surface area contributed by atoms with Crippen molar-refractivity contribution in [2.24, 2.45) is 11.8 Å². The predicted molar refractivity (Wildman–Crippen MR) is 71.6 cm³/mol. The van der Waals surface area contributed by atoms with Gasteiger partial charge in [0.25, 0.3) is 0 Å².